The van der Waals surface area contributed by atoms with Crippen LogP contribution in [-0.2, 0) is 0 Å². The molecule has 1 nitrogen and oxygen atoms in total. The number of hydrogen-bond donors (Lipinski definition) is 0. The summed E-state index contributed by atoms with van der Waals surface area (Å²) in [6.45, 7) is 2.25. The van der Waals surface area contributed by atoms with Gasteiger partial charge in [-0.3, -0.25) is 0 Å². The first-order valence-electron chi connectivity index (χ1n) is 3.23. The number of hydrogen-bond acceptors (Lipinski definition) is 1. The van der Waals surface area contributed by atoms with E-state index in [0.29, 0.717) is 25.1 Å². The Hall–Kier alpha value is -0.120. The molecule has 1 heterocycles. The zero-order valence-corrected chi connectivity index (χ0v) is 8.37. The Bertz CT molecular complexity index is 186. The van der Waals surface area contributed by atoms with Crippen LogP contribution in [0.5, 0.6) is 0 Å². The van der Waals surface area contributed by atoms with Crippen LogP contribution in [-0.4, -0.2) is 9.91 Å². The molecule has 0 saturated heterocycles. The molecule has 1 unspecified atom stereocenters. The number of halogens is 1. The van der Waals surface area contributed by atoms with Gasteiger partial charge in [-0.2, -0.15) is 0 Å². The van der Waals surface area contributed by atoms with Crippen molar-refractivity contribution < 1.29 is 21.2 Å². The van der Waals surface area contributed by atoms with Crippen molar-refractivity contribution in [3.63, 3.8) is 0 Å². The van der Waals surface area contributed by atoms with E-state index < -0.39 is 0 Å². The summed E-state index contributed by atoms with van der Waals surface area (Å²) in [5, 5.41) is 0. The Balaban J connectivity index is 2.75. The van der Waals surface area contributed by atoms with Gasteiger partial charge in [-0.05, 0) is 0 Å². The van der Waals surface area contributed by atoms with Crippen molar-refractivity contribution in [1.29, 1.82) is 0 Å². The van der Waals surface area contributed by atoms with Gasteiger partial charge in [0.05, 0.1) is 0 Å². The molecule has 1 rings (SSSR count). The van der Waals surface area contributed by atoms with Gasteiger partial charge in [0.15, 0.2) is 0 Å². The average molecular weight is 248 g/mol. The molecule has 0 aromatic carbocycles. The van der Waals surface area contributed by atoms with Crippen LogP contribution in [0.4, 0.5) is 0 Å². The van der Waals surface area contributed by atoms with E-state index in [2.05, 4.69) is 29.0 Å². The van der Waals surface area contributed by atoms with Gasteiger partial charge in [-0.25, -0.2) is 0 Å². The van der Waals surface area contributed by atoms with E-state index >= 15 is 0 Å². The normalized spacial score (nSPS) is 13.4. The van der Waals surface area contributed by atoms with Crippen molar-refractivity contribution in [3.05, 3.63) is 30.1 Å². The third-order valence-electron chi connectivity index (χ3n) is 1.42. The number of aromatic nitrogens is 1. The molecule has 0 aliphatic carbocycles. The van der Waals surface area contributed by atoms with Crippen LogP contribution in [0.15, 0.2) is 24.4 Å². The molecule has 0 fully saturated rings. The summed E-state index contributed by atoms with van der Waals surface area (Å²) in [5.74, 6) is 0. The van der Waals surface area contributed by atoms with Crippen molar-refractivity contribution in [2.24, 2.45) is 0 Å². The topological polar surface area (TPSA) is 12.9 Å². The molecule has 0 N–H and O–H groups in total. The fraction of sp³-hybridized carbons (Fsp3) is 0.375. The number of alkyl halides is 2. The quantitative estimate of drug-likeness (QED) is 0.476. The van der Waals surface area contributed by atoms with E-state index in [0.717, 1.165) is 0 Å². The molecule has 1 atom stereocenters. The maximum absolute atomic E-state index is 4.28. The fourth-order valence-electron chi connectivity index (χ4n) is 0.723. The van der Waals surface area contributed by atoms with Crippen molar-refractivity contribution >= 4 is 0 Å². The first-order valence-corrected chi connectivity index (χ1v) is 6.64. The molecule has 0 radical (unpaired) electrons. The fourth-order valence-corrected chi connectivity index (χ4v) is 1.73. The van der Waals surface area contributed by atoms with E-state index in [4.69, 9.17) is 0 Å². The Morgan fingerprint density at radius 2 is 2.30 bits per heavy atom. The van der Waals surface area contributed by atoms with Gasteiger partial charge in [0, 0.05) is 0 Å². The molecular formula is C8H11IN-. The second kappa shape index (κ2) is 3.91. The van der Waals surface area contributed by atoms with Crippen molar-refractivity contribution in [3.8, 4) is 0 Å². The van der Waals surface area contributed by atoms with Crippen LogP contribution >= 0.6 is 0 Å². The molecular weight excluding hydrogens is 237 g/mol. The predicted octanol–water partition coefficient (Wildman–Crippen LogP) is -1.14. The second-order valence-corrected chi connectivity index (χ2v) is 5.20. The molecule has 0 saturated carbocycles. The molecule has 56 valence electrons. The SMILES string of the molecule is C[I-]C(C)c1ccccn1. The molecule has 0 aliphatic heterocycles. The zero-order valence-electron chi connectivity index (χ0n) is 6.21. The van der Waals surface area contributed by atoms with E-state index in [9.17, 15) is 0 Å². The van der Waals surface area contributed by atoms with Gasteiger partial charge < -0.3 is 0 Å². The molecule has 0 aliphatic rings. The summed E-state index contributed by atoms with van der Waals surface area (Å²) in [6, 6.07) is 6.12. The van der Waals surface area contributed by atoms with Crippen molar-refractivity contribution in [2.75, 3.05) is 4.93 Å². The summed E-state index contributed by atoms with van der Waals surface area (Å²) in [6.07, 6.45) is 1.87. The standard InChI is InChI=1S/C8H11IN/c1-7(9-2)8-5-3-4-6-10-8/h3-7H,1-2H3/q-1. The van der Waals surface area contributed by atoms with Crippen LogP contribution in [0.2, 0.25) is 0 Å². The summed E-state index contributed by atoms with van der Waals surface area (Å²) >= 11 is 0.304. The number of rotatable bonds is 2. The Labute approximate surface area is 72.1 Å². The predicted molar refractivity (Wildman–Crippen MR) is 38.6 cm³/mol. The summed E-state index contributed by atoms with van der Waals surface area (Å²) in [4.78, 5) is 6.57. The van der Waals surface area contributed by atoms with Crippen LogP contribution < -0.4 is 21.2 Å². The summed E-state index contributed by atoms with van der Waals surface area (Å²) in [5.41, 5.74) is 1.25. The molecule has 0 bridgehead atoms. The average Bonchev–Trinajstić information content (AvgIpc) is 2.05. The molecule has 1 aromatic rings. The van der Waals surface area contributed by atoms with Crippen LogP contribution in [0.1, 0.15) is 16.5 Å². The first-order chi connectivity index (χ1) is 4.84. The zero-order chi connectivity index (χ0) is 7.40. The number of pyridine rings is 1. The van der Waals surface area contributed by atoms with Crippen molar-refractivity contribution in [2.45, 2.75) is 10.8 Å². The van der Waals surface area contributed by atoms with E-state index in [1.54, 1.807) is 0 Å². The van der Waals surface area contributed by atoms with Crippen molar-refractivity contribution in [1.82, 2.24) is 4.98 Å². The summed E-state index contributed by atoms with van der Waals surface area (Å²) in [7, 11) is 0. The summed E-state index contributed by atoms with van der Waals surface area (Å²) < 4.78 is 0.708. The third-order valence-corrected chi connectivity index (χ3v) is 3.93. The minimum absolute atomic E-state index is 0.304. The van der Waals surface area contributed by atoms with E-state index in [1.165, 1.54) is 5.69 Å². The van der Waals surface area contributed by atoms with E-state index in [1.807, 2.05) is 12.3 Å². The van der Waals surface area contributed by atoms with Gasteiger partial charge in [-0.15, -0.1) is 0 Å². The van der Waals surface area contributed by atoms with Gasteiger partial charge in [0.1, 0.15) is 0 Å². The van der Waals surface area contributed by atoms with Crippen LogP contribution in [0.25, 0.3) is 0 Å². The molecule has 1 aromatic heterocycles. The van der Waals surface area contributed by atoms with Crippen LogP contribution in [0.3, 0.4) is 0 Å². The Morgan fingerprint density at radius 3 is 2.80 bits per heavy atom. The monoisotopic (exact) mass is 248 g/mol. The molecule has 0 amide bonds. The molecule has 0 spiro atoms. The molecule has 2 heteroatoms. The Morgan fingerprint density at radius 1 is 1.50 bits per heavy atom. The second-order valence-electron chi connectivity index (χ2n) is 2.09. The van der Waals surface area contributed by atoms with Gasteiger partial charge >= 0.3 is 72.1 Å². The first kappa shape index (κ1) is 7.98. The van der Waals surface area contributed by atoms with Gasteiger partial charge in [0.25, 0.3) is 0 Å². The molecule has 10 heavy (non-hydrogen) atoms. The van der Waals surface area contributed by atoms with Gasteiger partial charge in [0.2, 0.25) is 0 Å². The maximum atomic E-state index is 4.28. The minimum atomic E-state index is 0.304. The Kier molecular flexibility index (Phi) is 3.12. The number of nitrogens with zero attached hydrogens (tertiary/aromatic N) is 1. The van der Waals surface area contributed by atoms with Crippen LogP contribution in [0, 0.1) is 0 Å². The third kappa shape index (κ3) is 1.94. The van der Waals surface area contributed by atoms with Gasteiger partial charge in [-0.1, -0.05) is 0 Å². The van der Waals surface area contributed by atoms with E-state index in [-0.39, 0.29) is 0 Å².